The molecule has 0 atom stereocenters. The molecule has 2 aromatic heterocycles. The van der Waals surface area contributed by atoms with Gasteiger partial charge in [-0.05, 0) is 31.2 Å². The molecule has 14 heteroatoms. The van der Waals surface area contributed by atoms with E-state index in [1.807, 2.05) is 0 Å². The van der Waals surface area contributed by atoms with Crippen LogP contribution in [0.4, 0.5) is 31.1 Å². The molecular formula is C20H21F6N3O4S. The molecule has 0 aromatic carbocycles. The van der Waals surface area contributed by atoms with E-state index in [2.05, 4.69) is 15.0 Å². The van der Waals surface area contributed by atoms with E-state index in [4.69, 9.17) is 4.74 Å². The summed E-state index contributed by atoms with van der Waals surface area (Å²) in [6.45, 7) is -0.904. The molecule has 3 heterocycles. The van der Waals surface area contributed by atoms with Gasteiger partial charge in [0.15, 0.2) is 0 Å². The molecule has 0 aliphatic carbocycles. The van der Waals surface area contributed by atoms with Crippen LogP contribution in [0.15, 0.2) is 11.4 Å². The van der Waals surface area contributed by atoms with E-state index < -0.39 is 43.3 Å². The minimum absolute atomic E-state index is 0.00346. The van der Waals surface area contributed by atoms with Crippen molar-refractivity contribution < 1.29 is 45.4 Å². The Labute approximate surface area is 194 Å². The number of halogens is 6. The van der Waals surface area contributed by atoms with Gasteiger partial charge in [0.2, 0.25) is 0 Å². The first-order valence-corrected chi connectivity index (χ1v) is 11.1. The molecule has 2 amide bonds. The van der Waals surface area contributed by atoms with E-state index in [0.29, 0.717) is 12.8 Å². The number of ether oxygens (including phenoxy) is 2. The van der Waals surface area contributed by atoms with Gasteiger partial charge in [-0.2, -0.15) is 13.2 Å². The lowest BCUT2D eigenvalue weighted by Gasteiger charge is -2.31. The Morgan fingerprint density at radius 1 is 1.18 bits per heavy atom. The number of nitrogens with zero attached hydrogens (tertiary/aromatic N) is 2. The van der Waals surface area contributed by atoms with Crippen LogP contribution in [0.5, 0.6) is 0 Å². The number of pyridine rings is 1. The SMILES string of the molecule is CNC(=O)c1csc2c(C(F)(F)F)cc(CC3CCN(C(=O)OCCOC(F)(F)F)CC3)nc12. The average Bonchev–Trinajstić information content (AvgIpc) is 3.18. The number of aromatic nitrogens is 1. The quantitative estimate of drug-likeness (QED) is 0.451. The molecule has 1 fully saturated rings. The van der Waals surface area contributed by atoms with Crippen LogP contribution in [-0.2, 0) is 22.1 Å². The van der Waals surface area contributed by atoms with E-state index in [0.717, 1.165) is 17.4 Å². The third-order valence-electron chi connectivity index (χ3n) is 5.30. The van der Waals surface area contributed by atoms with Gasteiger partial charge >= 0.3 is 18.6 Å². The Hall–Kier alpha value is -2.61. The fourth-order valence-corrected chi connectivity index (χ4v) is 4.69. The second-order valence-electron chi connectivity index (χ2n) is 7.61. The number of likely N-dealkylation sites (tertiary alicyclic amines) is 1. The average molecular weight is 513 g/mol. The first kappa shape index (κ1) is 26.0. The molecule has 0 unspecified atom stereocenters. The highest BCUT2D eigenvalue weighted by atomic mass is 32.1. The van der Waals surface area contributed by atoms with Crippen molar-refractivity contribution in [3.8, 4) is 0 Å². The lowest BCUT2D eigenvalue weighted by atomic mass is 9.91. The van der Waals surface area contributed by atoms with Crippen LogP contribution in [0.2, 0.25) is 0 Å². The fraction of sp³-hybridized carbons (Fsp3) is 0.550. The van der Waals surface area contributed by atoms with Gasteiger partial charge in [-0.25, -0.2) is 4.79 Å². The summed E-state index contributed by atoms with van der Waals surface area (Å²) in [4.78, 5) is 29.7. The minimum atomic E-state index is -4.81. The van der Waals surface area contributed by atoms with Crippen molar-refractivity contribution in [2.24, 2.45) is 5.92 Å². The first-order chi connectivity index (χ1) is 15.9. The maximum Gasteiger partial charge on any atom is 0.522 e. The minimum Gasteiger partial charge on any atom is -0.447 e. The summed E-state index contributed by atoms with van der Waals surface area (Å²) in [5.74, 6) is -0.609. The first-order valence-electron chi connectivity index (χ1n) is 10.2. The summed E-state index contributed by atoms with van der Waals surface area (Å²) >= 11 is 0.806. The molecule has 3 rings (SSSR count). The van der Waals surface area contributed by atoms with Crippen LogP contribution >= 0.6 is 11.3 Å². The Kier molecular flexibility index (Phi) is 7.91. The number of carbonyl (C=O) groups excluding carboxylic acids is 2. The lowest BCUT2D eigenvalue weighted by molar-refractivity contribution is -0.326. The van der Waals surface area contributed by atoms with Gasteiger partial charge in [0.25, 0.3) is 5.91 Å². The van der Waals surface area contributed by atoms with Crippen molar-refractivity contribution in [2.75, 3.05) is 33.4 Å². The van der Waals surface area contributed by atoms with Crippen LogP contribution in [0.3, 0.4) is 0 Å². The maximum atomic E-state index is 13.7. The van der Waals surface area contributed by atoms with Gasteiger partial charge in [-0.15, -0.1) is 24.5 Å². The highest BCUT2D eigenvalue weighted by Gasteiger charge is 2.35. The summed E-state index contributed by atoms with van der Waals surface area (Å²) in [6.07, 6.45) is -9.11. The molecule has 1 aliphatic heterocycles. The number of nitrogens with one attached hydrogen (secondary N) is 1. The number of thiophene rings is 1. The third-order valence-corrected chi connectivity index (χ3v) is 6.30. The second-order valence-corrected chi connectivity index (χ2v) is 8.49. The van der Waals surface area contributed by atoms with Gasteiger partial charge in [0.1, 0.15) is 6.61 Å². The number of piperidine rings is 1. The van der Waals surface area contributed by atoms with Crippen LogP contribution in [0.25, 0.3) is 10.2 Å². The molecule has 0 radical (unpaired) electrons. The summed E-state index contributed by atoms with van der Waals surface area (Å²) in [7, 11) is 1.38. The number of alkyl halides is 6. The monoisotopic (exact) mass is 513 g/mol. The third kappa shape index (κ3) is 6.50. The Bertz CT molecular complexity index is 1030. The maximum absolute atomic E-state index is 13.7. The van der Waals surface area contributed by atoms with Crippen LogP contribution < -0.4 is 5.32 Å². The van der Waals surface area contributed by atoms with E-state index >= 15 is 0 Å². The van der Waals surface area contributed by atoms with Crippen LogP contribution in [0, 0.1) is 5.92 Å². The number of rotatable bonds is 6. The molecule has 0 saturated carbocycles. The van der Waals surface area contributed by atoms with E-state index in [-0.39, 0.29) is 46.9 Å². The molecule has 1 aliphatic rings. The summed E-state index contributed by atoms with van der Waals surface area (Å²) < 4.78 is 84.9. The zero-order chi connectivity index (χ0) is 25.1. The van der Waals surface area contributed by atoms with Gasteiger partial charge in [0.05, 0.1) is 28.0 Å². The highest BCUT2D eigenvalue weighted by Crippen LogP contribution is 2.39. The molecule has 7 nitrogen and oxygen atoms in total. The molecule has 0 bridgehead atoms. The number of hydrogen-bond acceptors (Lipinski definition) is 6. The summed E-state index contributed by atoms with van der Waals surface area (Å²) in [6, 6.07) is 0.994. The number of carbonyl (C=O) groups is 2. The van der Waals surface area contributed by atoms with E-state index in [1.165, 1.54) is 17.3 Å². The molecule has 2 aromatic rings. The predicted octanol–water partition coefficient (Wildman–Crippen LogP) is 4.60. The largest absolute Gasteiger partial charge is 0.522 e. The Morgan fingerprint density at radius 2 is 1.85 bits per heavy atom. The van der Waals surface area contributed by atoms with Gasteiger partial charge < -0.3 is 15.0 Å². The van der Waals surface area contributed by atoms with E-state index in [1.54, 1.807) is 0 Å². The molecule has 0 spiro atoms. The summed E-state index contributed by atoms with van der Waals surface area (Å²) in [5, 5.41) is 3.74. The predicted molar refractivity (Wildman–Crippen MR) is 109 cm³/mol. The van der Waals surface area contributed by atoms with Crippen molar-refractivity contribution in [3.05, 3.63) is 28.3 Å². The smallest absolute Gasteiger partial charge is 0.447 e. The fourth-order valence-electron chi connectivity index (χ4n) is 3.67. The lowest BCUT2D eigenvalue weighted by Crippen LogP contribution is -2.39. The van der Waals surface area contributed by atoms with Crippen molar-refractivity contribution in [1.29, 1.82) is 0 Å². The van der Waals surface area contributed by atoms with Crippen LogP contribution in [0.1, 0.15) is 34.5 Å². The molecule has 1 saturated heterocycles. The molecule has 1 N–H and O–H groups in total. The molecule has 34 heavy (non-hydrogen) atoms. The zero-order valence-electron chi connectivity index (χ0n) is 17.9. The number of fused-ring (bicyclic) bond motifs is 1. The summed E-state index contributed by atoms with van der Waals surface area (Å²) in [5.41, 5.74) is -0.596. The second kappa shape index (κ2) is 10.3. The Balaban J connectivity index is 1.64. The topological polar surface area (TPSA) is 80.8 Å². The zero-order valence-corrected chi connectivity index (χ0v) is 18.7. The van der Waals surface area contributed by atoms with Gasteiger partial charge in [-0.3, -0.25) is 14.5 Å². The number of amides is 2. The standard InChI is InChI=1S/C20H21F6N3O4S/c1-27-17(30)13-10-34-16-14(19(21,22)23)9-12(28-15(13)16)8-11-2-4-29(5-3-11)18(31)32-6-7-33-20(24,25)26/h9-11H,2-8H2,1H3,(H,27,30). The van der Waals surface area contributed by atoms with Crippen molar-refractivity contribution in [2.45, 2.75) is 31.8 Å². The highest BCUT2D eigenvalue weighted by molar-refractivity contribution is 7.17. The molecule has 188 valence electrons. The van der Waals surface area contributed by atoms with Crippen LogP contribution in [-0.4, -0.2) is 61.6 Å². The molecular weight excluding hydrogens is 492 g/mol. The number of hydrogen-bond donors (Lipinski definition) is 1. The van der Waals surface area contributed by atoms with Crippen molar-refractivity contribution >= 4 is 33.6 Å². The normalized spacial score (nSPS) is 15.6. The van der Waals surface area contributed by atoms with E-state index in [9.17, 15) is 35.9 Å². The van der Waals surface area contributed by atoms with Gasteiger partial charge in [-0.1, -0.05) is 0 Å². The Morgan fingerprint density at radius 3 is 2.44 bits per heavy atom. The van der Waals surface area contributed by atoms with Gasteiger partial charge in [0, 0.05) is 31.2 Å². The van der Waals surface area contributed by atoms with Crippen molar-refractivity contribution in [1.82, 2.24) is 15.2 Å². The van der Waals surface area contributed by atoms with Crippen molar-refractivity contribution in [3.63, 3.8) is 0 Å².